The normalized spacial score (nSPS) is 16.5. The SMILES string of the molecule is COC(=O)c1ccc(CN(CC(c2ccccc2)N2CCC(CO)CC2)[SH](=O)=O)cc1. The van der Waals surface area contributed by atoms with Crippen LogP contribution in [0.1, 0.15) is 40.4 Å². The average Bonchev–Trinajstić information content (AvgIpc) is 2.82. The van der Waals surface area contributed by atoms with Crippen LogP contribution < -0.4 is 0 Å². The third-order valence-corrected chi connectivity index (χ3v) is 6.65. The van der Waals surface area contributed by atoms with E-state index >= 15 is 0 Å². The molecule has 168 valence electrons. The third-order valence-electron chi connectivity index (χ3n) is 5.89. The molecular formula is C23H30N2O5S. The van der Waals surface area contributed by atoms with Crippen molar-refractivity contribution in [3.8, 4) is 0 Å². The molecule has 0 aliphatic carbocycles. The van der Waals surface area contributed by atoms with E-state index < -0.39 is 16.9 Å². The summed E-state index contributed by atoms with van der Waals surface area (Å²) in [4.78, 5) is 13.9. The van der Waals surface area contributed by atoms with Crippen LogP contribution in [-0.2, 0) is 22.2 Å². The first kappa shape index (κ1) is 23.4. The van der Waals surface area contributed by atoms with Gasteiger partial charge in [-0.1, -0.05) is 42.5 Å². The summed E-state index contributed by atoms with van der Waals surface area (Å²) in [5.74, 6) is -0.109. The Morgan fingerprint density at radius 3 is 2.32 bits per heavy atom. The summed E-state index contributed by atoms with van der Waals surface area (Å²) < 4.78 is 30.4. The molecule has 1 atom stereocenters. The fourth-order valence-electron chi connectivity index (χ4n) is 4.02. The highest BCUT2D eigenvalue weighted by molar-refractivity contribution is 7.69. The lowest BCUT2D eigenvalue weighted by Gasteiger charge is -2.38. The highest BCUT2D eigenvalue weighted by atomic mass is 32.2. The van der Waals surface area contributed by atoms with Gasteiger partial charge >= 0.3 is 5.97 Å². The van der Waals surface area contributed by atoms with Crippen molar-refractivity contribution in [1.29, 1.82) is 0 Å². The zero-order valence-corrected chi connectivity index (χ0v) is 18.6. The number of carbonyl (C=O) groups excluding carboxylic acids is 1. The number of hydrogen-bond donors (Lipinski definition) is 2. The number of esters is 1. The van der Waals surface area contributed by atoms with Crippen molar-refractivity contribution in [3.05, 3.63) is 71.3 Å². The van der Waals surface area contributed by atoms with Gasteiger partial charge in [0, 0.05) is 25.7 Å². The molecule has 7 nitrogen and oxygen atoms in total. The quantitative estimate of drug-likeness (QED) is 0.454. The van der Waals surface area contributed by atoms with Gasteiger partial charge in [0.1, 0.15) is 0 Å². The topological polar surface area (TPSA) is 87.2 Å². The number of methoxy groups -OCH3 is 1. The summed E-state index contributed by atoms with van der Waals surface area (Å²) in [5, 5.41) is 9.45. The largest absolute Gasteiger partial charge is 0.465 e. The maximum Gasteiger partial charge on any atom is 0.337 e. The zero-order valence-electron chi connectivity index (χ0n) is 17.7. The Kier molecular flexibility index (Phi) is 8.60. The number of rotatable bonds is 9. The molecule has 2 aromatic carbocycles. The van der Waals surface area contributed by atoms with Gasteiger partial charge in [0.2, 0.25) is 10.9 Å². The minimum Gasteiger partial charge on any atom is -0.465 e. The molecule has 2 aromatic rings. The smallest absolute Gasteiger partial charge is 0.337 e. The van der Waals surface area contributed by atoms with Crippen LogP contribution in [-0.4, -0.2) is 62.0 Å². The Labute approximate surface area is 185 Å². The molecule has 0 aromatic heterocycles. The molecule has 31 heavy (non-hydrogen) atoms. The maximum atomic E-state index is 12.1. The molecular weight excluding hydrogens is 416 g/mol. The predicted molar refractivity (Wildman–Crippen MR) is 119 cm³/mol. The molecule has 1 heterocycles. The Morgan fingerprint density at radius 1 is 1.13 bits per heavy atom. The molecule has 1 N–H and O–H groups in total. The molecule has 1 aliphatic heterocycles. The van der Waals surface area contributed by atoms with E-state index in [0.717, 1.165) is 37.1 Å². The molecule has 0 saturated carbocycles. The van der Waals surface area contributed by atoms with Gasteiger partial charge in [0.05, 0.1) is 12.7 Å². The molecule has 1 fully saturated rings. The lowest BCUT2D eigenvalue weighted by Crippen LogP contribution is -2.42. The number of benzene rings is 2. The highest BCUT2D eigenvalue weighted by Crippen LogP contribution is 2.28. The highest BCUT2D eigenvalue weighted by Gasteiger charge is 2.28. The van der Waals surface area contributed by atoms with Crippen molar-refractivity contribution in [1.82, 2.24) is 9.21 Å². The zero-order chi connectivity index (χ0) is 22.2. The van der Waals surface area contributed by atoms with Crippen LogP contribution in [0.2, 0.25) is 0 Å². The van der Waals surface area contributed by atoms with E-state index in [2.05, 4.69) is 4.90 Å². The monoisotopic (exact) mass is 446 g/mol. The summed E-state index contributed by atoms with van der Waals surface area (Å²) in [6, 6.07) is 16.7. The Bertz CT molecular complexity index is 901. The van der Waals surface area contributed by atoms with Crippen LogP contribution in [0, 0.1) is 5.92 Å². The molecule has 0 amide bonds. The maximum absolute atomic E-state index is 12.1. The fourth-order valence-corrected chi connectivity index (χ4v) is 4.58. The van der Waals surface area contributed by atoms with Crippen molar-refractivity contribution in [3.63, 3.8) is 0 Å². The summed E-state index contributed by atoms with van der Waals surface area (Å²) in [6.07, 6.45) is 1.80. The van der Waals surface area contributed by atoms with Gasteiger partial charge < -0.3 is 9.84 Å². The second kappa shape index (κ2) is 11.4. The number of aliphatic hydroxyl groups excluding tert-OH is 1. The molecule has 1 saturated heterocycles. The van der Waals surface area contributed by atoms with Gasteiger partial charge in [-0.15, -0.1) is 0 Å². The van der Waals surface area contributed by atoms with E-state index in [4.69, 9.17) is 4.74 Å². The second-order valence-electron chi connectivity index (χ2n) is 7.86. The molecule has 1 aliphatic rings. The van der Waals surface area contributed by atoms with Crippen LogP contribution in [0.3, 0.4) is 0 Å². The van der Waals surface area contributed by atoms with Crippen molar-refractivity contribution in [2.75, 3.05) is 33.4 Å². The Morgan fingerprint density at radius 2 is 1.77 bits per heavy atom. The number of carbonyl (C=O) groups is 1. The summed E-state index contributed by atoms with van der Waals surface area (Å²) in [6.45, 7) is 2.41. The van der Waals surface area contributed by atoms with Crippen molar-refractivity contribution < 1.29 is 23.1 Å². The number of likely N-dealkylation sites (tertiary alicyclic amines) is 1. The van der Waals surface area contributed by atoms with E-state index in [9.17, 15) is 18.3 Å². The summed E-state index contributed by atoms with van der Waals surface area (Å²) >= 11 is 0. The number of nitrogens with zero attached hydrogens (tertiary/aromatic N) is 2. The van der Waals surface area contributed by atoms with E-state index in [1.165, 1.54) is 11.4 Å². The number of hydrogen-bond acceptors (Lipinski definition) is 6. The van der Waals surface area contributed by atoms with Gasteiger partial charge in [-0.05, 0) is 55.1 Å². The first-order chi connectivity index (χ1) is 15.0. The standard InChI is InChI=1S/C23H30N2O5S/c1-30-23(27)21-9-7-18(8-10-21)15-25(31(28)29)16-22(20-5-3-2-4-6-20)24-13-11-19(17-26)12-14-24/h2-10,19,22,26,31H,11-17H2,1H3. The van der Waals surface area contributed by atoms with Gasteiger partial charge in [0.25, 0.3) is 0 Å². The molecule has 0 radical (unpaired) electrons. The van der Waals surface area contributed by atoms with Crippen LogP contribution in [0.15, 0.2) is 54.6 Å². The predicted octanol–water partition coefficient (Wildman–Crippen LogP) is 2.25. The lowest BCUT2D eigenvalue weighted by atomic mass is 9.95. The van der Waals surface area contributed by atoms with E-state index in [0.29, 0.717) is 18.0 Å². The molecule has 0 bridgehead atoms. The molecule has 3 rings (SSSR count). The summed E-state index contributed by atoms with van der Waals surface area (Å²) in [7, 11) is -1.47. The van der Waals surface area contributed by atoms with Gasteiger partial charge in [-0.25, -0.2) is 13.2 Å². The Hall–Kier alpha value is -2.26. The number of thiol groups is 1. The van der Waals surface area contributed by atoms with Gasteiger partial charge in [-0.3, -0.25) is 4.90 Å². The molecule has 1 unspecified atom stereocenters. The van der Waals surface area contributed by atoms with Crippen LogP contribution in [0.4, 0.5) is 0 Å². The van der Waals surface area contributed by atoms with Crippen LogP contribution in [0.25, 0.3) is 0 Å². The van der Waals surface area contributed by atoms with E-state index in [1.807, 2.05) is 30.3 Å². The van der Waals surface area contributed by atoms with Crippen LogP contribution in [0.5, 0.6) is 0 Å². The number of piperidine rings is 1. The van der Waals surface area contributed by atoms with Crippen molar-refractivity contribution in [2.24, 2.45) is 5.92 Å². The summed E-state index contributed by atoms with van der Waals surface area (Å²) in [5.41, 5.74) is 2.31. The van der Waals surface area contributed by atoms with E-state index in [-0.39, 0.29) is 19.2 Å². The first-order valence-electron chi connectivity index (χ1n) is 10.5. The number of ether oxygens (including phenoxy) is 1. The first-order valence-corrected chi connectivity index (χ1v) is 11.6. The third kappa shape index (κ3) is 6.36. The van der Waals surface area contributed by atoms with Crippen LogP contribution >= 0.6 is 0 Å². The minimum atomic E-state index is -2.79. The van der Waals surface area contributed by atoms with E-state index in [1.54, 1.807) is 24.3 Å². The lowest BCUT2D eigenvalue weighted by molar-refractivity contribution is 0.0600. The van der Waals surface area contributed by atoms with Crippen molar-refractivity contribution >= 4 is 16.9 Å². The fraction of sp³-hybridized carbons (Fsp3) is 0.435. The number of aliphatic hydroxyl groups is 1. The van der Waals surface area contributed by atoms with Gasteiger partial charge in [0.15, 0.2) is 0 Å². The molecule has 0 spiro atoms. The average molecular weight is 447 g/mol. The van der Waals surface area contributed by atoms with Crippen molar-refractivity contribution in [2.45, 2.75) is 25.4 Å². The molecule has 8 heteroatoms. The van der Waals surface area contributed by atoms with Gasteiger partial charge in [-0.2, -0.15) is 4.31 Å². The minimum absolute atomic E-state index is 0.0666. The second-order valence-corrected chi connectivity index (χ2v) is 8.90. The Balaban J connectivity index is 1.77.